The average molecular weight is 507 g/mol. The van der Waals surface area contributed by atoms with Gasteiger partial charge in [0.15, 0.2) is 5.78 Å². The van der Waals surface area contributed by atoms with Gasteiger partial charge in [0.2, 0.25) is 5.88 Å². The highest BCUT2D eigenvalue weighted by molar-refractivity contribution is 5.99. The molecule has 0 bridgehead atoms. The lowest BCUT2D eigenvalue weighted by atomic mass is 9.96. The normalized spacial score (nSPS) is 14.3. The molecule has 0 spiro atoms. The Kier molecular flexibility index (Phi) is 7.85. The molecule has 0 N–H and O–H groups in total. The molecule has 38 heavy (non-hydrogen) atoms. The number of carbonyl (C=O) groups excluding carboxylic acids is 1. The summed E-state index contributed by atoms with van der Waals surface area (Å²) in [5.74, 6) is 1.51. The summed E-state index contributed by atoms with van der Waals surface area (Å²) in [7, 11) is 3.80. The van der Waals surface area contributed by atoms with Crippen molar-refractivity contribution in [3.05, 3.63) is 102 Å². The second-order valence-electron chi connectivity index (χ2n) is 10.1. The van der Waals surface area contributed by atoms with Crippen molar-refractivity contribution in [2.24, 2.45) is 0 Å². The summed E-state index contributed by atoms with van der Waals surface area (Å²) in [6.45, 7) is 4.18. The molecule has 0 radical (unpaired) electrons. The molecule has 0 saturated carbocycles. The van der Waals surface area contributed by atoms with E-state index in [1.807, 2.05) is 72.9 Å². The summed E-state index contributed by atoms with van der Waals surface area (Å²) in [6, 6.07) is 26.0. The minimum absolute atomic E-state index is 0.0754. The molecule has 5 heteroatoms. The van der Waals surface area contributed by atoms with Gasteiger partial charge < -0.3 is 14.4 Å². The maximum Gasteiger partial charge on any atom is 0.213 e. The lowest BCUT2D eigenvalue weighted by Crippen LogP contribution is -2.35. The number of pyridine rings is 1. The van der Waals surface area contributed by atoms with Crippen molar-refractivity contribution >= 4 is 5.78 Å². The Hall–Kier alpha value is -3.96. The summed E-state index contributed by atoms with van der Waals surface area (Å²) in [5, 5.41) is 0. The molecule has 1 aromatic heterocycles. The average Bonchev–Trinajstić information content (AvgIpc) is 2.95. The summed E-state index contributed by atoms with van der Waals surface area (Å²) in [5.41, 5.74) is 6.86. The van der Waals surface area contributed by atoms with Crippen molar-refractivity contribution in [1.29, 1.82) is 0 Å². The van der Waals surface area contributed by atoms with Crippen LogP contribution >= 0.6 is 0 Å². The third kappa shape index (κ3) is 6.12. The van der Waals surface area contributed by atoms with Gasteiger partial charge in [-0.15, -0.1) is 0 Å². The summed E-state index contributed by atoms with van der Waals surface area (Å²) < 4.78 is 11.6. The van der Waals surface area contributed by atoms with Gasteiger partial charge >= 0.3 is 0 Å². The number of nitrogens with zero attached hydrogens (tertiary/aromatic N) is 2. The summed E-state index contributed by atoms with van der Waals surface area (Å²) in [6.07, 6.45) is 4.49. The zero-order chi connectivity index (χ0) is 26.5. The molecule has 1 aliphatic rings. The number of piperidine rings is 1. The number of ketones is 1. The predicted molar refractivity (Wildman–Crippen MR) is 152 cm³/mol. The molecule has 4 aromatic rings. The maximum absolute atomic E-state index is 13.2. The molecule has 5 rings (SSSR count). The monoisotopic (exact) mass is 506 g/mol. The van der Waals surface area contributed by atoms with Gasteiger partial charge in [-0.1, -0.05) is 54.1 Å². The number of Topliss-reactive ketones (excluding diaryl/α,β-unsaturated/α-hetero) is 1. The number of benzene rings is 3. The zero-order valence-corrected chi connectivity index (χ0v) is 22.3. The zero-order valence-electron chi connectivity index (χ0n) is 22.3. The number of hydrogen-bond donors (Lipinski definition) is 0. The van der Waals surface area contributed by atoms with E-state index >= 15 is 0 Å². The highest BCUT2D eigenvalue weighted by Gasteiger charge is 2.18. The first-order chi connectivity index (χ1) is 18.5. The Bertz CT molecular complexity index is 1390. The third-order valence-corrected chi connectivity index (χ3v) is 7.19. The van der Waals surface area contributed by atoms with Crippen molar-refractivity contribution in [2.45, 2.75) is 32.3 Å². The van der Waals surface area contributed by atoms with E-state index in [4.69, 9.17) is 9.47 Å². The number of likely N-dealkylation sites (tertiary alicyclic amines) is 1. The summed E-state index contributed by atoms with van der Waals surface area (Å²) in [4.78, 5) is 20.0. The van der Waals surface area contributed by atoms with Gasteiger partial charge in [0.25, 0.3) is 0 Å². The van der Waals surface area contributed by atoms with Gasteiger partial charge in [-0.3, -0.25) is 4.79 Å². The van der Waals surface area contributed by atoms with Gasteiger partial charge in [0.05, 0.1) is 7.11 Å². The van der Waals surface area contributed by atoms with E-state index in [0.717, 1.165) is 65.1 Å². The quantitative estimate of drug-likeness (QED) is 0.251. The van der Waals surface area contributed by atoms with Crippen molar-refractivity contribution in [3.8, 4) is 33.9 Å². The summed E-state index contributed by atoms with van der Waals surface area (Å²) >= 11 is 0. The van der Waals surface area contributed by atoms with Gasteiger partial charge in [0, 0.05) is 48.5 Å². The highest BCUT2D eigenvalue weighted by Crippen LogP contribution is 2.32. The van der Waals surface area contributed by atoms with Crippen LogP contribution in [0.2, 0.25) is 0 Å². The fraction of sp³-hybridized carbons (Fsp3) is 0.273. The number of aryl methyl sites for hydroxylation is 1. The Morgan fingerprint density at radius 1 is 0.921 bits per heavy atom. The molecule has 3 aromatic carbocycles. The van der Waals surface area contributed by atoms with E-state index in [1.54, 1.807) is 7.11 Å². The Morgan fingerprint density at radius 2 is 1.68 bits per heavy atom. The van der Waals surface area contributed by atoms with Gasteiger partial charge in [0.1, 0.15) is 11.9 Å². The van der Waals surface area contributed by atoms with Crippen molar-refractivity contribution in [1.82, 2.24) is 9.88 Å². The SMILES string of the molecule is COc1ccc(C(=O)Cc2ccc(-c3ccc(OC4CCN(C)CC4)nc3)cc2)cc1-c1cccc(C)c1. The van der Waals surface area contributed by atoms with Crippen LogP contribution in [0.1, 0.15) is 34.3 Å². The highest BCUT2D eigenvalue weighted by atomic mass is 16.5. The lowest BCUT2D eigenvalue weighted by Gasteiger charge is -2.28. The number of carbonyl (C=O) groups is 1. The minimum atomic E-state index is 0.0754. The van der Waals surface area contributed by atoms with Crippen molar-refractivity contribution in [3.63, 3.8) is 0 Å². The van der Waals surface area contributed by atoms with Crippen LogP contribution in [0, 0.1) is 6.92 Å². The standard InChI is InChI=1S/C33H34N2O3/c1-23-5-4-6-26(19-23)30-21-27(11-13-32(30)37-3)31(36)20-24-7-9-25(10-8-24)28-12-14-33(34-22-28)38-29-15-17-35(2)18-16-29/h4-14,19,21-22,29H,15-18,20H2,1-3H3. The first-order valence-electron chi connectivity index (χ1n) is 13.2. The lowest BCUT2D eigenvalue weighted by molar-refractivity contribution is 0.0993. The van der Waals surface area contributed by atoms with Crippen LogP contribution in [0.3, 0.4) is 0 Å². The van der Waals surface area contributed by atoms with Gasteiger partial charge in [-0.2, -0.15) is 0 Å². The topological polar surface area (TPSA) is 51.7 Å². The largest absolute Gasteiger partial charge is 0.496 e. The van der Waals surface area contributed by atoms with Gasteiger partial charge in [-0.05, 0) is 67.8 Å². The second kappa shape index (κ2) is 11.6. The number of ether oxygens (including phenoxy) is 2. The van der Waals surface area contributed by atoms with Crippen molar-refractivity contribution in [2.75, 3.05) is 27.2 Å². The molecule has 0 unspecified atom stereocenters. The molecule has 1 saturated heterocycles. The smallest absolute Gasteiger partial charge is 0.213 e. The maximum atomic E-state index is 13.2. The number of rotatable bonds is 8. The Labute approximate surface area is 225 Å². The molecule has 1 fully saturated rings. The van der Waals surface area contributed by atoms with Crippen LogP contribution < -0.4 is 9.47 Å². The molecule has 5 nitrogen and oxygen atoms in total. The van der Waals surface area contributed by atoms with E-state index in [-0.39, 0.29) is 11.9 Å². The number of aromatic nitrogens is 1. The molecule has 0 amide bonds. The van der Waals surface area contributed by atoms with Crippen LogP contribution in [0.4, 0.5) is 0 Å². The Balaban J connectivity index is 1.25. The van der Waals surface area contributed by atoms with Gasteiger partial charge in [-0.25, -0.2) is 4.98 Å². The van der Waals surface area contributed by atoms with E-state index in [1.165, 1.54) is 0 Å². The van der Waals surface area contributed by atoms with E-state index in [0.29, 0.717) is 17.9 Å². The molecular weight excluding hydrogens is 472 g/mol. The fourth-order valence-electron chi connectivity index (χ4n) is 4.92. The molecule has 2 heterocycles. The Morgan fingerprint density at radius 3 is 2.37 bits per heavy atom. The number of methoxy groups -OCH3 is 1. The van der Waals surface area contributed by atoms with E-state index in [2.05, 4.69) is 36.0 Å². The minimum Gasteiger partial charge on any atom is -0.496 e. The van der Waals surface area contributed by atoms with Crippen LogP contribution in [0.25, 0.3) is 22.3 Å². The fourth-order valence-corrected chi connectivity index (χ4v) is 4.92. The van der Waals surface area contributed by atoms with Crippen LogP contribution in [-0.2, 0) is 6.42 Å². The second-order valence-corrected chi connectivity index (χ2v) is 10.1. The molecule has 194 valence electrons. The first kappa shape index (κ1) is 25.7. The predicted octanol–water partition coefficient (Wildman–Crippen LogP) is 6.63. The van der Waals surface area contributed by atoms with Crippen LogP contribution in [0.15, 0.2) is 85.1 Å². The third-order valence-electron chi connectivity index (χ3n) is 7.19. The van der Waals surface area contributed by atoms with Crippen LogP contribution in [-0.4, -0.2) is 49.0 Å². The number of hydrogen-bond acceptors (Lipinski definition) is 5. The van der Waals surface area contributed by atoms with Crippen LogP contribution in [0.5, 0.6) is 11.6 Å². The van der Waals surface area contributed by atoms with Crippen molar-refractivity contribution < 1.29 is 14.3 Å². The first-order valence-corrected chi connectivity index (χ1v) is 13.2. The van der Waals surface area contributed by atoms with E-state index in [9.17, 15) is 4.79 Å². The molecule has 0 atom stereocenters. The molecule has 1 aliphatic heterocycles. The molecular formula is C33H34N2O3. The van der Waals surface area contributed by atoms with E-state index < -0.39 is 0 Å². The molecule has 0 aliphatic carbocycles.